The van der Waals surface area contributed by atoms with Crippen molar-refractivity contribution in [3.05, 3.63) is 60.7 Å². The molecule has 2 aromatic rings. The Bertz CT molecular complexity index is 999. The summed E-state index contributed by atoms with van der Waals surface area (Å²) < 4.78 is 0. The maximum Gasteiger partial charge on any atom is 0.117 e. The molecule has 4 aliphatic carbocycles. The van der Waals surface area contributed by atoms with E-state index in [1.54, 1.807) is 12.1 Å². The second-order valence-electron chi connectivity index (χ2n) is 10.2. The smallest absolute Gasteiger partial charge is 0.117 e. The van der Waals surface area contributed by atoms with Gasteiger partial charge in [0.15, 0.2) is 0 Å². The van der Waals surface area contributed by atoms with Crippen molar-refractivity contribution in [3.63, 3.8) is 0 Å². The second-order valence-corrected chi connectivity index (χ2v) is 10.2. The minimum atomic E-state index is 0.366. The third-order valence-electron chi connectivity index (χ3n) is 9.08. The Labute approximate surface area is 177 Å². The van der Waals surface area contributed by atoms with Crippen LogP contribution in [0.4, 0.5) is 11.4 Å². The number of benzene rings is 2. The van der Waals surface area contributed by atoms with Gasteiger partial charge in [-0.3, -0.25) is 0 Å². The molecular weight excluding hydrogens is 372 g/mol. The highest BCUT2D eigenvalue weighted by molar-refractivity contribution is 5.54. The lowest BCUT2D eigenvalue weighted by Gasteiger charge is -2.63. The quantitative estimate of drug-likeness (QED) is 0.749. The number of anilines is 2. The number of hydrogen-bond donors (Lipinski definition) is 2. The lowest BCUT2D eigenvalue weighted by atomic mass is 9.40. The molecule has 4 fully saturated rings. The van der Waals surface area contributed by atoms with Gasteiger partial charge in [-0.2, -0.15) is 0 Å². The van der Waals surface area contributed by atoms with Gasteiger partial charge in [-0.15, -0.1) is 0 Å². The Hall–Kier alpha value is -2.62. The fourth-order valence-corrected chi connectivity index (χ4v) is 8.02. The monoisotopic (exact) mass is 400 g/mol. The zero-order valence-corrected chi connectivity index (χ0v) is 17.0. The van der Waals surface area contributed by atoms with E-state index in [0.29, 0.717) is 23.3 Å². The summed E-state index contributed by atoms with van der Waals surface area (Å²) in [5.41, 5.74) is 2.35. The first-order chi connectivity index (χ1) is 14.7. The molecule has 2 saturated heterocycles. The Morgan fingerprint density at radius 3 is 1.47 bits per heavy atom. The summed E-state index contributed by atoms with van der Waals surface area (Å²) in [7, 11) is 0. The van der Waals surface area contributed by atoms with Crippen molar-refractivity contribution in [1.82, 2.24) is 0 Å². The molecule has 2 aliphatic heterocycles. The van der Waals surface area contributed by atoms with Crippen molar-refractivity contribution in [2.45, 2.75) is 0 Å². The van der Waals surface area contributed by atoms with Crippen molar-refractivity contribution in [2.75, 3.05) is 36.0 Å². The number of fused-ring (bicyclic) bond motifs is 1. The van der Waals surface area contributed by atoms with Gasteiger partial charge in [-0.1, -0.05) is 24.3 Å². The fourth-order valence-electron chi connectivity index (χ4n) is 8.02. The molecule has 0 aromatic heterocycles. The van der Waals surface area contributed by atoms with Gasteiger partial charge in [0.25, 0.3) is 0 Å². The van der Waals surface area contributed by atoms with E-state index >= 15 is 0 Å². The number of rotatable bonds is 2. The molecule has 30 heavy (non-hydrogen) atoms. The zero-order chi connectivity index (χ0) is 20.0. The largest absolute Gasteiger partial charge is 0.508 e. The molecule has 4 heteroatoms. The van der Waals surface area contributed by atoms with Gasteiger partial charge in [-0.05, 0) is 71.6 Å². The van der Waals surface area contributed by atoms with Crippen molar-refractivity contribution < 1.29 is 10.2 Å². The van der Waals surface area contributed by atoms with Crippen LogP contribution in [0, 0.1) is 47.3 Å². The number of phenolic OH excluding ortho intramolecular Hbond substituents is 2. The number of phenols is 2. The van der Waals surface area contributed by atoms with E-state index in [2.05, 4.69) is 34.1 Å². The van der Waals surface area contributed by atoms with Crippen LogP contribution in [-0.2, 0) is 0 Å². The summed E-state index contributed by atoms with van der Waals surface area (Å²) in [6.45, 7) is 4.52. The summed E-state index contributed by atoms with van der Waals surface area (Å²) in [6.07, 6.45) is 5.12. The summed E-state index contributed by atoms with van der Waals surface area (Å²) in [4.78, 5) is 5.03. The first-order valence-electron chi connectivity index (χ1n) is 11.4. The summed E-state index contributed by atoms with van der Waals surface area (Å²) in [5.74, 6) is 6.90. The first-order valence-corrected chi connectivity index (χ1v) is 11.4. The highest BCUT2D eigenvalue weighted by Gasteiger charge is 2.66. The van der Waals surface area contributed by atoms with E-state index in [0.717, 1.165) is 61.7 Å². The molecule has 2 saturated carbocycles. The van der Waals surface area contributed by atoms with Crippen LogP contribution in [-0.4, -0.2) is 36.4 Å². The van der Waals surface area contributed by atoms with Crippen molar-refractivity contribution in [2.24, 2.45) is 47.3 Å². The molecule has 2 bridgehead atoms. The van der Waals surface area contributed by atoms with Gasteiger partial charge in [0.1, 0.15) is 11.5 Å². The third kappa shape index (κ3) is 2.22. The molecule has 2 heterocycles. The highest BCUT2D eigenvalue weighted by atomic mass is 16.3. The Morgan fingerprint density at radius 1 is 0.600 bits per heavy atom. The summed E-state index contributed by atoms with van der Waals surface area (Å²) in [5, 5.41) is 19.8. The molecule has 8 rings (SSSR count). The molecule has 2 N–H and O–H groups in total. The SMILES string of the molecule is Oc1cccc(N2C[C@@H]3[C@H]4C=C[C@@H]([C@@H]3C2)[C@@H]2[C@H]3CN(c5cccc(O)c5)C[C@H]3[C@@H]42)c1. The van der Waals surface area contributed by atoms with Crippen molar-refractivity contribution in [1.29, 1.82) is 0 Å². The van der Waals surface area contributed by atoms with Crippen LogP contribution in [0.1, 0.15) is 0 Å². The van der Waals surface area contributed by atoms with Crippen LogP contribution in [0.25, 0.3) is 0 Å². The molecule has 4 nitrogen and oxygen atoms in total. The molecule has 154 valence electrons. The van der Waals surface area contributed by atoms with Crippen LogP contribution < -0.4 is 9.80 Å². The summed E-state index contributed by atoms with van der Waals surface area (Å²) >= 11 is 0. The predicted octanol–water partition coefficient (Wildman–Crippen LogP) is 3.96. The van der Waals surface area contributed by atoms with Gasteiger partial charge in [0.2, 0.25) is 0 Å². The number of aromatic hydroxyl groups is 2. The van der Waals surface area contributed by atoms with Crippen molar-refractivity contribution in [3.8, 4) is 11.5 Å². The highest BCUT2D eigenvalue weighted by Crippen LogP contribution is 2.67. The van der Waals surface area contributed by atoms with Gasteiger partial charge in [0.05, 0.1) is 0 Å². The van der Waals surface area contributed by atoms with E-state index in [1.807, 2.05) is 24.3 Å². The standard InChI is InChI=1S/C26H28N2O2/c29-17-5-1-3-15(9-17)27-11-21-19-7-8-20(22(21)12-27)26-24-14-28(13-23(24)25(19)26)16-4-2-6-18(30)10-16/h1-10,19-26,29-30H,11-14H2/t19-,20+,21-,22+,23-,24+,25-,26-/m1/s1. The third-order valence-corrected chi connectivity index (χ3v) is 9.08. The maximum absolute atomic E-state index is 9.93. The van der Waals surface area contributed by atoms with E-state index < -0.39 is 0 Å². The number of hydrogen-bond acceptors (Lipinski definition) is 4. The molecular formula is C26H28N2O2. The van der Waals surface area contributed by atoms with Gasteiger partial charge >= 0.3 is 0 Å². The Kier molecular flexibility index (Phi) is 3.40. The van der Waals surface area contributed by atoms with Gasteiger partial charge in [-0.25, -0.2) is 0 Å². The maximum atomic E-state index is 9.93. The van der Waals surface area contributed by atoms with Crippen molar-refractivity contribution >= 4 is 11.4 Å². The fraction of sp³-hybridized carbons (Fsp3) is 0.462. The molecule has 2 aromatic carbocycles. The van der Waals surface area contributed by atoms with Gasteiger partial charge < -0.3 is 20.0 Å². The molecule has 0 spiro atoms. The molecule has 0 unspecified atom stereocenters. The number of nitrogens with zero attached hydrogens (tertiary/aromatic N) is 2. The zero-order valence-electron chi connectivity index (χ0n) is 17.0. The van der Waals surface area contributed by atoms with Crippen LogP contribution in [0.15, 0.2) is 60.7 Å². The van der Waals surface area contributed by atoms with E-state index in [-0.39, 0.29) is 0 Å². The Morgan fingerprint density at radius 2 is 1.03 bits per heavy atom. The topological polar surface area (TPSA) is 46.9 Å². The van der Waals surface area contributed by atoms with Crippen LogP contribution in [0.3, 0.4) is 0 Å². The average Bonchev–Trinajstić information content (AvgIpc) is 3.35. The van der Waals surface area contributed by atoms with Crippen LogP contribution >= 0.6 is 0 Å². The average molecular weight is 401 g/mol. The van der Waals surface area contributed by atoms with Crippen LogP contribution in [0.5, 0.6) is 11.5 Å². The lowest BCUT2D eigenvalue weighted by Crippen LogP contribution is -2.61. The number of allylic oxidation sites excluding steroid dienone is 2. The first kappa shape index (κ1) is 17.1. The minimum Gasteiger partial charge on any atom is -0.508 e. The van der Waals surface area contributed by atoms with E-state index in [4.69, 9.17) is 0 Å². The molecule has 0 amide bonds. The predicted molar refractivity (Wildman–Crippen MR) is 118 cm³/mol. The van der Waals surface area contributed by atoms with E-state index in [9.17, 15) is 10.2 Å². The lowest BCUT2D eigenvalue weighted by molar-refractivity contribution is -0.119. The Balaban J connectivity index is 1.14. The van der Waals surface area contributed by atoms with E-state index in [1.165, 1.54) is 11.4 Å². The normalized spacial score (nSPS) is 40.1. The minimum absolute atomic E-state index is 0.366. The molecule has 8 atom stereocenters. The van der Waals surface area contributed by atoms with Crippen LogP contribution in [0.2, 0.25) is 0 Å². The second kappa shape index (κ2) is 5.96. The summed E-state index contributed by atoms with van der Waals surface area (Å²) in [6, 6.07) is 15.6. The molecule has 0 radical (unpaired) electrons. The molecule has 6 aliphatic rings. The van der Waals surface area contributed by atoms with Gasteiger partial charge in [0, 0.05) is 49.7 Å².